The summed E-state index contributed by atoms with van der Waals surface area (Å²) in [5, 5.41) is 9.48. The van der Waals surface area contributed by atoms with E-state index < -0.39 is 30.3 Å². The van der Waals surface area contributed by atoms with Crippen LogP contribution in [0.5, 0.6) is 0 Å². The number of hydrogen-bond donors (Lipinski definition) is 1. The summed E-state index contributed by atoms with van der Waals surface area (Å²) in [5.74, 6) is 4.90. The summed E-state index contributed by atoms with van der Waals surface area (Å²) in [5.41, 5.74) is -4.59. The van der Waals surface area contributed by atoms with Crippen molar-refractivity contribution in [1.29, 1.82) is 0 Å². The third kappa shape index (κ3) is 5.67. The Morgan fingerprint density at radius 2 is 1.23 bits per heavy atom. The van der Waals surface area contributed by atoms with E-state index in [1.807, 2.05) is 0 Å². The predicted octanol–water partition coefficient (Wildman–Crippen LogP) is 7.45. The number of fused-ring (bicyclic) bond motifs is 10. The maximum absolute atomic E-state index is 12.9. The van der Waals surface area contributed by atoms with Gasteiger partial charge in [0, 0.05) is 0 Å². The number of halogens is 6. The molecule has 11 heteroatoms. The van der Waals surface area contributed by atoms with Gasteiger partial charge in [-0.2, -0.15) is 26.3 Å². The summed E-state index contributed by atoms with van der Waals surface area (Å²) in [6, 6.07) is 0. The zero-order valence-electron chi connectivity index (χ0n) is 26.3. The third-order valence-corrected chi connectivity index (χ3v) is 13.5. The molecule has 6 saturated carbocycles. The summed E-state index contributed by atoms with van der Waals surface area (Å²) in [7, 11) is 1.35. The molecule has 4 bridgehead atoms. The van der Waals surface area contributed by atoms with Gasteiger partial charge in [-0.05, 0) is 122 Å². The number of methoxy groups -OCH3 is 1. The molecule has 14 atom stereocenters. The van der Waals surface area contributed by atoms with Crippen molar-refractivity contribution in [3.05, 3.63) is 0 Å². The molecule has 0 spiro atoms. The maximum atomic E-state index is 12.9. The number of carbonyl (C=O) groups is 2. The molecule has 0 aromatic carbocycles. The van der Waals surface area contributed by atoms with Gasteiger partial charge in [0.1, 0.15) is 6.61 Å². The van der Waals surface area contributed by atoms with Gasteiger partial charge in [-0.15, -0.1) is 0 Å². The van der Waals surface area contributed by atoms with E-state index in [0.29, 0.717) is 30.1 Å². The van der Waals surface area contributed by atoms with Crippen LogP contribution in [-0.4, -0.2) is 48.7 Å². The Hall–Kier alpha value is -1.52. The lowest BCUT2D eigenvalue weighted by atomic mass is 9.69. The summed E-state index contributed by atoms with van der Waals surface area (Å²) in [4.78, 5) is 23.4. The quantitative estimate of drug-likeness (QED) is 0.242. The zero-order valence-corrected chi connectivity index (χ0v) is 26.3. The van der Waals surface area contributed by atoms with Crippen molar-refractivity contribution in [2.75, 3.05) is 13.7 Å². The van der Waals surface area contributed by atoms with Crippen molar-refractivity contribution in [3.63, 3.8) is 0 Å². The molecular weight excluding hydrogens is 590 g/mol. The van der Waals surface area contributed by atoms with Crippen molar-refractivity contribution in [1.82, 2.24) is 0 Å². The summed E-state index contributed by atoms with van der Waals surface area (Å²) in [6.07, 6.45) is -6.77. The highest BCUT2D eigenvalue weighted by Crippen LogP contribution is 2.66. The molecule has 0 aliphatic heterocycles. The van der Waals surface area contributed by atoms with Crippen molar-refractivity contribution >= 4 is 11.9 Å². The molecule has 5 nitrogen and oxygen atoms in total. The normalized spacial score (nSPS) is 43.8. The molecule has 0 heterocycles. The van der Waals surface area contributed by atoms with E-state index in [0.717, 1.165) is 48.9 Å². The van der Waals surface area contributed by atoms with E-state index in [2.05, 4.69) is 32.4 Å². The van der Waals surface area contributed by atoms with Crippen molar-refractivity contribution in [3.8, 4) is 0 Å². The van der Waals surface area contributed by atoms with Gasteiger partial charge in [0.05, 0.1) is 19.4 Å². The standard InChI is InChI=1S/C17H26O4.C16H22F6O/c1-9-6-12-11-7-13(16(12)10(9)2)14(8-11)17(19)21-5-4-15(18)20-3;1-7-3-11-9-4-10(12(5-9)13(11)8(7)2)6-14(23,15(17,18)19)16(20,21)22/h9-14,16H,4-8H2,1-3H3;7-13,23H,3-6H2,1-2H3. The molecule has 44 heavy (non-hydrogen) atoms. The first-order valence-corrected chi connectivity index (χ1v) is 16.5. The van der Waals surface area contributed by atoms with Gasteiger partial charge in [-0.1, -0.05) is 27.7 Å². The number of carbonyl (C=O) groups excluding carboxylic acids is 2. The Labute approximate surface area is 256 Å². The molecule has 252 valence electrons. The Balaban J connectivity index is 0.000000175. The van der Waals surface area contributed by atoms with E-state index in [4.69, 9.17) is 4.74 Å². The largest absolute Gasteiger partial charge is 0.469 e. The van der Waals surface area contributed by atoms with Gasteiger partial charge in [-0.25, -0.2) is 0 Å². The first-order valence-electron chi connectivity index (χ1n) is 16.5. The number of esters is 2. The van der Waals surface area contributed by atoms with E-state index in [1.165, 1.54) is 20.0 Å². The number of alkyl halides is 6. The van der Waals surface area contributed by atoms with E-state index in [9.17, 15) is 41.0 Å². The van der Waals surface area contributed by atoms with Crippen LogP contribution < -0.4 is 0 Å². The minimum Gasteiger partial charge on any atom is -0.469 e. The Morgan fingerprint density at radius 3 is 1.75 bits per heavy atom. The highest BCUT2D eigenvalue weighted by Gasteiger charge is 2.72. The smallest absolute Gasteiger partial charge is 0.426 e. The molecule has 6 aliphatic carbocycles. The van der Waals surface area contributed by atoms with Gasteiger partial charge in [0.2, 0.25) is 0 Å². The first kappa shape index (κ1) is 33.8. The molecule has 6 aliphatic rings. The maximum Gasteiger partial charge on any atom is 0.426 e. The second-order valence-electron chi connectivity index (χ2n) is 15.3. The Bertz CT molecular complexity index is 1060. The lowest BCUT2D eigenvalue weighted by molar-refractivity contribution is -0.373. The minimum atomic E-state index is -5.69. The van der Waals surface area contributed by atoms with Gasteiger partial charge in [-0.3, -0.25) is 9.59 Å². The molecule has 1 N–H and O–H groups in total. The van der Waals surface area contributed by atoms with Crippen LogP contribution in [0.3, 0.4) is 0 Å². The summed E-state index contributed by atoms with van der Waals surface area (Å²) < 4.78 is 87.5. The molecular formula is C33H48F6O5. The highest BCUT2D eigenvalue weighted by atomic mass is 19.4. The van der Waals surface area contributed by atoms with Crippen LogP contribution in [0.25, 0.3) is 0 Å². The first-order chi connectivity index (χ1) is 20.4. The fourth-order valence-corrected chi connectivity index (χ4v) is 11.2. The van der Waals surface area contributed by atoms with Crippen molar-refractivity contribution in [2.24, 2.45) is 82.9 Å². The van der Waals surface area contributed by atoms with Crippen LogP contribution in [0.1, 0.15) is 79.1 Å². The average Bonchev–Trinajstić information content (AvgIpc) is 3.76. The van der Waals surface area contributed by atoms with Gasteiger partial charge in [0.15, 0.2) is 0 Å². The number of hydrogen-bond acceptors (Lipinski definition) is 5. The fraction of sp³-hybridized carbons (Fsp3) is 0.939. The van der Waals surface area contributed by atoms with E-state index in [1.54, 1.807) is 0 Å². The number of rotatable bonds is 6. The molecule has 0 amide bonds. The monoisotopic (exact) mass is 638 g/mol. The lowest BCUT2D eigenvalue weighted by Crippen LogP contribution is -2.58. The SMILES string of the molecule is CC1CC2C3CC(CC(O)(C(F)(F)F)C(F)(F)F)C(C3)C2C1C.COC(=O)CCOC(=O)C1CC2CC1C1C(C)C(C)CC21. The molecule has 0 aromatic heterocycles. The Kier molecular flexibility index (Phi) is 9.17. The molecule has 0 saturated heterocycles. The number of aliphatic hydroxyl groups is 1. The molecule has 6 fully saturated rings. The van der Waals surface area contributed by atoms with Crippen molar-refractivity contribution in [2.45, 2.75) is 97.0 Å². The fourth-order valence-electron chi connectivity index (χ4n) is 11.2. The molecule has 6 rings (SSSR count). The molecule has 14 unspecified atom stereocenters. The van der Waals surface area contributed by atoms with Crippen molar-refractivity contribution < 1.29 is 50.5 Å². The van der Waals surface area contributed by atoms with Crippen LogP contribution >= 0.6 is 0 Å². The van der Waals surface area contributed by atoms with Crippen LogP contribution in [0.15, 0.2) is 0 Å². The second-order valence-corrected chi connectivity index (χ2v) is 15.3. The van der Waals surface area contributed by atoms with Gasteiger partial charge in [0.25, 0.3) is 5.60 Å². The van der Waals surface area contributed by atoms with Gasteiger partial charge >= 0.3 is 24.3 Å². The zero-order chi connectivity index (χ0) is 32.5. The predicted molar refractivity (Wildman–Crippen MR) is 149 cm³/mol. The summed E-state index contributed by atoms with van der Waals surface area (Å²) in [6.45, 7) is 9.03. The molecule has 0 radical (unpaired) electrons. The van der Waals surface area contributed by atoms with Gasteiger partial charge < -0.3 is 14.6 Å². The summed E-state index contributed by atoms with van der Waals surface area (Å²) >= 11 is 0. The topological polar surface area (TPSA) is 72.8 Å². The van der Waals surface area contributed by atoms with E-state index >= 15 is 0 Å². The number of ether oxygens (including phenoxy) is 2. The highest BCUT2D eigenvalue weighted by molar-refractivity contribution is 5.74. The van der Waals surface area contributed by atoms with Crippen LogP contribution in [0.4, 0.5) is 26.3 Å². The Morgan fingerprint density at radius 1 is 0.727 bits per heavy atom. The van der Waals surface area contributed by atoms with E-state index in [-0.39, 0.29) is 48.6 Å². The average molecular weight is 639 g/mol. The lowest BCUT2D eigenvalue weighted by Gasteiger charge is -2.39. The molecule has 0 aromatic rings. The van der Waals surface area contributed by atoms with Crippen LogP contribution in [-0.2, 0) is 19.1 Å². The minimum absolute atomic E-state index is 0.0710. The second kappa shape index (κ2) is 11.9. The third-order valence-electron chi connectivity index (χ3n) is 13.5. The van der Waals surface area contributed by atoms with Crippen LogP contribution in [0, 0.1) is 82.9 Å². The van der Waals surface area contributed by atoms with Crippen LogP contribution in [0.2, 0.25) is 0 Å².